The van der Waals surface area contributed by atoms with Crippen LogP contribution >= 0.6 is 0 Å². The maximum Gasteiger partial charge on any atom is 0.345 e. The van der Waals surface area contributed by atoms with Gasteiger partial charge < -0.3 is 9.47 Å². The average Bonchev–Trinajstić information content (AvgIpc) is 2.23. The Hall–Kier alpha value is -1.35. The van der Waals surface area contributed by atoms with Gasteiger partial charge in [0.1, 0.15) is 6.61 Å². The highest BCUT2D eigenvalue weighted by Gasteiger charge is 2.10. The number of sulfone groups is 1. The van der Waals surface area contributed by atoms with Crippen molar-refractivity contribution in [3.8, 4) is 5.75 Å². The van der Waals surface area contributed by atoms with Crippen molar-refractivity contribution in [3.63, 3.8) is 0 Å². The van der Waals surface area contributed by atoms with Gasteiger partial charge in [-0.1, -0.05) is 0 Å². The van der Waals surface area contributed by atoms with E-state index in [1.54, 1.807) is 0 Å². The Labute approximate surface area is 96.5 Å². The topological polar surface area (TPSA) is 78.4 Å². The van der Waals surface area contributed by atoms with E-state index < -0.39 is 16.4 Å². The molecule has 0 aliphatic carbocycles. The molecular weight excluding hydrogens is 258 g/mol. The Balaban J connectivity index is 2.46. The van der Waals surface area contributed by atoms with Crippen molar-refractivity contribution >= 4 is 9.84 Å². The van der Waals surface area contributed by atoms with Crippen LogP contribution in [0.25, 0.3) is 0 Å². The Kier molecular flexibility index (Phi) is 4.70. The lowest BCUT2D eigenvalue weighted by Crippen LogP contribution is -2.10. The zero-order chi connectivity index (χ0) is 12.9. The third-order valence-corrected chi connectivity index (χ3v) is 2.41. The molecule has 9 heteroatoms. The molecule has 0 aliphatic rings. The summed E-state index contributed by atoms with van der Waals surface area (Å²) in [6.07, 6.45) is 3.26. The van der Waals surface area contributed by atoms with E-state index in [4.69, 9.17) is 4.74 Å². The molecule has 96 valence electrons. The average molecular weight is 268 g/mol. The van der Waals surface area contributed by atoms with Gasteiger partial charge in [0, 0.05) is 6.26 Å². The van der Waals surface area contributed by atoms with Crippen LogP contribution in [0, 0.1) is 0 Å². The van der Waals surface area contributed by atoms with Crippen molar-refractivity contribution in [1.29, 1.82) is 0 Å². The van der Waals surface area contributed by atoms with Gasteiger partial charge >= 0.3 is 6.61 Å². The predicted molar refractivity (Wildman–Crippen MR) is 52.6 cm³/mol. The van der Waals surface area contributed by atoms with Crippen LogP contribution in [0.3, 0.4) is 0 Å². The van der Waals surface area contributed by atoms with Crippen molar-refractivity contribution in [2.45, 2.75) is 11.8 Å². The Morgan fingerprint density at radius 2 is 1.88 bits per heavy atom. The summed E-state index contributed by atoms with van der Waals surface area (Å²) in [5.74, 6) is 0.176. The van der Waals surface area contributed by atoms with Crippen molar-refractivity contribution in [2.75, 3.05) is 19.5 Å². The van der Waals surface area contributed by atoms with Gasteiger partial charge in [-0.15, -0.1) is 0 Å². The second-order valence-corrected chi connectivity index (χ2v) is 4.86. The molecular formula is C8H10F2N2O4S. The SMILES string of the molecule is CS(=O)(=O)c1ncc(OCCOC(F)F)cn1. The Morgan fingerprint density at radius 3 is 2.35 bits per heavy atom. The summed E-state index contributed by atoms with van der Waals surface area (Å²) < 4.78 is 54.1. The first-order valence-electron chi connectivity index (χ1n) is 4.44. The molecule has 0 fully saturated rings. The van der Waals surface area contributed by atoms with E-state index in [-0.39, 0.29) is 24.1 Å². The molecule has 17 heavy (non-hydrogen) atoms. The molecule has 1 rings (SSSR count). The molecule has 0 aliphatic heterocycles. The molecule has 0 aromatic carbocycles. The maximum atomic E-state index is 11.6. The normalized spacial score (nSPS) is 11.8. The van der Waals surface area contributed by atoms with Crippen molar-refractivity contribution in [3.05, 3.63) is 12.4 Å². The van der Waals surface area contributed by atoms with E-state index >= 15 is 0 Å². The summed E-state index contributed by atoms with van der Waals surface area (Å²) in [6, 6.07) is 0. The summed E-state index contributed by atoms with van der Waals surface area (Å²) in [7, 11) is -3.46. The lowest BCUT2D eigenvalue weighted by Gasteiger charge is -2.05. The molecule has 0 unspecified atom stereocenters. The van der Waals surface area contributed by atoms with Crippen LogP contribution in [-0.2, 0) is 14.6 Å². The molecule has 0 N–H and O–H groups in total. The quantitative estimate of drug-likeness (QED) is 0.552. The third kappa shape index (κ3) is 5.00. The molecule has 0 saturated heterocycles. The highest BCUT2D eigenvalue weighted by atomic mass is 32.2. The first-order chi connectivity index (χ1) is 7.89. The standard InChI is InChI=1S/C8H10F2N2O4S/c1-17(13,14)8-11-4-6(5-12-8)15-2-3-16-7(9)10/h4-5,7H,2-3H2,1H3. The molecule has 0 saturated carbocycles. The number of ether oxygens (including phenoxy) is 2. The number of alkyl halides is 2. The number of hydrogen-bond acceptors (Lipinski definition) is 6. The second kappa shape index (κ2) is 5.82. The van der Waals surface area contributed by atoms with E-state index in [1.807, 2.05) is 0 Å². The molecule has 0 radical (unpaired) electrons. The number of rotatable bonds is 6. The first-order valence-corrected chi connectivity index (χ1v) is 6.33. The van der Waals surface area contributed by atoms with Gasteiger partial charge in [-0.25, -0.2) is 18.4 Å². The van der Waals surface area contributed by atoms with E-state index in [1.165, 1.54) is 0 Å². The van der Waals surface area contributed by atoms with Gasteiger partial charge in [0.15, 0.2) is 5.75 Å². The molecule has 0 bridgehead atoms. The van der Waals surface area contributed by atoms with Crippen LogP contribution in [0.15, 0.2) is 17.6 Å². The Bertz CT molecular complexity index is 449. The molecule has 1 heterocycles. The van der Waals surface area contributed by atoms with Crippen LogP contribution in [0.2, 0.25) is 0 Å². The van der Waals surface area contributed by atoms with E-state index in [0.717, 1.165) is 18.6 Å². The monoisotopic (exact) mass is 268 g/mol. The largest absolute Gasteiger partial charge is 0.488 e. The van der Waals surface area contributed by atoms with E-state index in [2.05, 4.69) is 14.7 Å². The zero-order valence-corrected chi connectivity index (χ0v) is 9.65. The minimum atomic E-state index is -3.46. The minimum Gasteiger partial charge on any atom is -0.488 e. The van der Waals surface area contributed by atoms with Crippen LogP contribution in [-0.4, -0.2) is 44.5 Å². The fourth-order valence-corrected chi connectivity index (χ4v) is 1.36. The first kappa shape index (κ1) is 13.7. The van der Waals surface area contributed by atoms with Crippen molar-refractivity contribution < 1.29 is 26.7 Å². The number of aromatic nitrogens is 2. The predicted octanol–water partition coefficient (Wildman–Crippen LogP) is 0.498. The van der Waals surface area contributed by atoms with E-state index in [9.17, 15) is 17.2 Å². The van der Waals surface area contributed by atoms with Gasteiger partial charge in [-0.05, 0) is 0 Å². The number of nitrogens with zero attached hydrogens (tertiary/aromatic N) is 2. The summed E-state index contributed by atoms with van der Waals surface area (Å²) in [6.45, 7) is -3.24. The van der Waals surface area contributed by atoms with Gasteiger partial charge in [0.05, 0.1) is 19.0 Å². The lowest BCUT2D eigenvalue weighted by molar-refractivity contribution is -0.133. The molecule has 0 amide bonds. The highest BCUT2D eigenvalue weighted by Crippen LogP contribution is 2.08. The van der Waals surface area contributed by atoms with Crippen LogP contribution in [0.4, 0.5) is 8.78 Å². The smallest absolute Gasteiger partial charge is 0.345 e. The van der Waals surface area contributed by atoms with Crippen LogP contribution < -0.4 is 4.74 Å². The van der Waals surface area contributed by atoms with E-state index in [0.29, 0.717) is 0 Å². The van der Waals surface area contributed by atoms with Crippen LogP contribution in [0.5, 0.6) is 5.75 Å². The fourth-order valence-electron chi connectivity index (χ4n) is 0.867. The molecule has 0 spiro atoms. The van der Waals surface area contributed by atoms with Crippen molar-refractivity contribution in [1.82, 2.24) is 9.97 Å². The van der Waals surface area contributed by atoms with Gasteiger partial charge in [-0.3, -0.25) is 0 Å². The Morgan fingerprint density at radius 1 is 1.29 bits per heavy atom. The number of halogens is 2. The summed E-state index contributed by atoms with van der Waals surface area (Å²) in [5, 5.41) is -0.325. The zero-order valence-electron chi connectivity index (χ0n) is 8.84. The number of hydrogen-bond donors (Lipinski definition) is 0. The molecule has 6 nitrogen and oxygen atoms in total. The third-order valence-electron chi connectivity index (χ3n) is 1.53. The summed E-state index contributed by atoms with van der Waals surface area (Å²) in [4.78, 5) is 7.10. The van der Waals surface area contributed by atoms with Gasteiger partial charge in [-0.2, -0.15) is 8.78 Å². The van der Waals surface area contributed by atoms with Crippen LogP contribution in [0.1, 0.15) is 0 Å². The van der Waals surface area contributed by atoms with Crippen molar-refractivity contribution in [2.24, 2.45) is 0 Å². The minimum absolute atomic E-state index is 0.105. The maximum absolute atomic E-state index is 11.6. The summed E-state index contributed by atoms with van der Waals surface area (Å²) >= 11 is 0. The summed E-state index contributed by atoms with van der Waals surface area (Å²) in [5.41, 5.74) is 0. The molecule has 1 aromatic heterocycles. The second-order valence-electron chi connectivity index (χ2n) is 2.95. The van der Waals surface area contributed by atoms with Gasteiger partial charge in [0.2, 0.25) is 15.0 Å². The molecule has 0 atom stereocenters. The fraction of sp³-hybridized carbons (Fsp3) is 0.500. The highest BCUT2D eigenvalue weighted by molar-refractivity contribution is 7.90. The van der Waals surface area contributed by atoms with Gasteiger partial charge in [0.25, 0.3) is 0 Å². The lowest BCUT2D eigenvalue weighted by atomic mass is 10.6. The molecule has 1 aromatic rings.